The number of ether oxygens (including phenoxy) is 1. The normalized spacial score (nSPS) is 11.3. The van der Waals surface area contributed by atoms with Crippen LogP contribution in [-0.4, -0.2) is 21.5 Å². The van der Waals surface area contributed by atoms with Crippen LogP contribution in [0, 0.1) is 17.5 Å². The molecule has 128 valence electrons. The van der Waals surface area contributed by atoms with E-state index in [4.69, 9.17) is 0 Å². The van der Waals surface area contributed by atoms with Crippen LogP contribution in [-0.2, 0) is 21.3 Å². The number of halogens is 3. The Balaban J connectivity index is 2.16. The summed E-state index contributed by atoms with van der Waals surface area (Å²) in [5.74, 6) is -5.68. The van der Waals surface area contributed by atoms with Crippen LogP contribution < -0.4 is 4.72 Å². The third kappa shape index (κ3) is 3.74. The molecule has 1 N–H and O–H groups in total. The van der Waals surface area contributed by atoms with Crippen molar-refractivity contribution in [3.63, 3.8) is 0 Å². The van der Waals surface area contributed by atoms with Gasteiger partial charge in [-0.2, -0.15) is 0 Å². The van der Waals surface area contributed by atoms with Gasteiger partial charge in [-0.05, 0) is 29.8 Å². The van der Waals surface area contributed by atoms with Gasteiger partial charge in [0.2, 0.25) is 10.0 Å². The molecule has 0 aromatic heterocycles. The molecule has 0 saturated heterocycles. The maximum atomic E-state index is 13.6. The molecular formula is C15H12F3NO4S. The highest BCUT2D eigenvalue weighted by Crippen LogP contribution is 2.19. The van der Waals surface area contributed by atoms with Crippen LogP contribution in [0.15, 0.2) is 41.3 Å². The predicted octanol–water partition coefficient (Wildman–Crippen LogP) is 2.37. The fourth-order valence-electron chi connectivity index (χ4n) is 1.85. The van der Waals surface area contributed by atoms with E-state index < -0.39 is 38.3 Å². The number of carbonyl (C=O) groups is 1. The maximum Gasteiger partial charge on any atom is 0.337 e. The molecule has 24 heavy (non-hydrogen) atoms. The van der Waals surface area contributed by atoms with Crippen LogP contribution >= 0.6 is 0 Å². The zero-order chi connectivity index (χ0) is 17.9. The van der Waals surface area contributed by atoms with E-state index in [2.05, 4.69) is 9.46 Å². The highest BCUT2D eigenvalue weighted by atomic mass is 32.2. The number of rotatable bonds is 5. The minimum absolute atomic E-state index is 0.234. The predicted molar refractivity (Wildman–Crippen MR) is 78.1 cm³/mol. The molecule has 0 saturated carbocycles. The van der Waals surface area contributed by atoms with Gasteiger partial charge in [0.25, 0.3) is 0 Å². The van der Waals surface area contributed by atoms with Gasteiger partial charge in [0.1, 0.15) is 4.90 Å². The molecule has 0 bridgehead atoms. The standard InChI is InChI=1S/C15H12F3NO4S/c1-23-15(20)10-4-2-9(3-5-10)8-19-24(21,22)12-7-6-11(16)13(17)14(12)18/h2-7,19H,8H2,1H3. The molecule has 2 rings (SSSR count). The average Bonchev–Trinajstić information content (AvgIpc) is 2.57. The number of hydrogen-bond donors (Lipinski definition) is 1. The Kier molecular flexibility index (Phi) is 5.25. The molecular weight excluding hydrogens is 347 g/mol. The molecule has 2 aromatic carbocycles. The number of nitrogens with one attached hydrogen (secondary N) is 1. The second-order valence-electron chi connectivity index (χ2n) is 4.69. The SMILES string of the molecule is COC(=O)c1ccc(CNS(=O)(=O)c2ccc(F)c(F)c2F)cc1. The summed E-state index contributed by atoms with van der Waals surface area (Å²) in [5.41, 5.74) is 0.741. The molecule has 0 aliphatic rings. The summed E-state index contributed by atoms with van der Waals surface area (Å²) >= 11 is 0. The quantitative estimate of drug-likeness (QED) is 0.657. The minimum atomic E-state index is -4.38. The molecule has 0 amide bonds. The van der Waals surface area contributed by atoms with Crippen molar-refractivity contribution in [2.45, 2.75) is 11.4 Å². The number of methoxy groups -OCH3 is 1. The van der Waals surface area contributed by atoms with Gasteiger partial charge in [0, 0.05) is 6.54 Å². The Bertz CT molecular complexity index is 867. The highest BCUT2D eigenvalue weighted by molar-refractivity contribution is 7.89. The largest absolute Gasteiger partial charge is 0.465 e. The molecule has 9 heteroatoms. The lowest BCUT2D eigenvalue weighted by Gasteiger charge is -2.09. The van der Waals surface area contributed by atoms with Crippen LogP contribution in [0.2, 0.25) is 0 Å². The van der Waals surface area contributed by atoms with Gasteiger partial charge < -0.3 is 4.74 Å². The summed E-state index contributed by atoms with van der Waals surface area (Å²) in [5, 5.41) is 0. The van der Waals surface area contributed by atoms with Gasteiger partial charge >= 0.3 is 5.97 Å². The fraction of sp³-hybridized carbons (Fsp3) is 0.133. The Hall–Kier alpha value is -2.39. The summed E-state index contributed by atoms with van der Waals surface area (Å²) in [7, 11) is -3.16. The van der Waals surface area contributed by atoms with Crippen LogP contribution in [0.4, 0.5) is 13.2 Å². The van der Waals surface area contributed by atoms with Crippen molar-refractivity contribution >= 4 is 16.0 Å². The lowest BCUT2D eigenvalue weighted by Crippen LogP contribution is -2.24. The van der Waals surface area contributed by atoms with Gasteiger partial charge in [0.05, 0.1) is 12.7 Å². The zero-order valence-electron chi connectivity index (χ0n) is 12.3. The van der Waals surface area contributed by atoms with E-state index >= 15 is 0 Å². The lowest BCUT2D eigenvalue weighted by atomic mass is 10.1. The fourth-order valence-corrected chi connectivity index (χ4v) is 2.93. The topological polar surface area (TPSA) is 72.5 Å². The molecule has 0 radical (unpaired) electrons. The van der Waals surface area contributed by atoms with E-state index in [1.165, 1.54) is 31.4 Å². The first kappa shape index (κ1) is 18.0. The second-order valence-corrected chi connectivity index (χ2v) is 6.42. The summed E-state index contributed by atoms with van der Waals surface area (Å²) in [6, 6.07) is 6.95. The van der Waals surface area contributed by atoms with Crippen LogP contribution in [0.3, 0.4) is 0 Å². The van der Waals surface area contributed by atoms with Crippen molar-refractivity contribution in [1.29, 1.82) is 0 Å². The Labute approximate surface area is 136 Å². The van der Waals surface area contributed by atoms with E-state index in [0.717, 1.165) is 0 Å². The number of hydrogen-bond acceptors (Lipinski definition) is 4. The van der Waals surface area contributed by atoms with Crippen LogP contribution in [0.25, 0.3) is 0 Å². The Morgan fingerprint density at radius 2 is 1.67 bits per heavy atom. The van der Waals surface area contributed by atoms with Crippen molar-refractivity contribution < 1.29 is 31.1 Å². The average molecular weight is 359 g/mol. The van der Waals surface area contributed by atoms with Gasteiger partial charge in [-0.1, -0.05) is 12.1 Å². The summed E-state index contributed by atoms with van der Waals surface area (Å²) < 4.78 is 70.2. The molecule has 0 aliphatic heterocycles. The Morgan fingerprint density at radius 3 is 2.25 bits per heavy atom. The monoisotopic (exact) mass is 359 g/mol. The first-order valence-electron chi connectivity index (χ1n) is 6.56. The first-order valence-corrected chi connectivity index (χ1v) is 8.05. The lowest BCUT2D eigenvalue weighted by molar-refractivity contribution is 0.0600. The van der Waals surface area contributed by atoms with E-state index in [1.54, 1.807) is 0 Å². The van der Waals surface area contributed by atoms with Crippen LogP contribution in [0.1, 0.15) is 15.9 Å². The van der Waals surface area contributed by atoms with Crippen molar-refractivity contribution in [3.8, 4) is 0 Å². The number of sulfonamides is 1. The van der Waals surface area contributed by atoms with Gasteiger partial charge in [-0.15, -0.1) is 0 Å². The summed E-state index contributed by atoms with van der Waals surface area (Å²) in [4.78, 5) is 10.3. The molecule has 2 aromatic rings. The van der Waals surface area contributed by atoms with E-state index in [1.807, 2.05) is 0 Å². The molecule has 0 spiro atoms. The molecule has 0 aliphatic carbocycles. The smallest absolute Gasteiger partial charge is 0.337 e. The van der Waals surface area contributed by atoms with Gasteiger partial charge in [-0.3, -0.25) is 0 Å². The second kappa shape index (κ2) is 7.02. The minimum Gasteiger partial charge on any atom is -0.465 e. The van der Waals surface area contributed by atoms with E-state index in [9.17, 15) is 26.4 Å². The molecule has 0 atom stereocenters. The molecule has 0 unspecified atom stereocenters. The number of carbonyl (C=O) groups excluding carboxylic acids is 1. The molecule has 0 fully saturated rings. The molecule has 5 nitrogen and oxygen atoms in total. The van der Waals surface area contributed by atoms with Gasteiger partial charge in [0.15, 0.2) is 17.5 Å². The summed E-state index contributed by atoms with van der Waals surface area (Å²) in [6.07, 6.45) is 0. The first-order chi connectivity index (χ1) is 11.3. The van der Waals surface area contributed by atoms with Gasteiger partial charge in [-0.25, -0.2) is 31.1 Å². The third-order valence-corrected chi connectivity index (χ3v) is 4.55. The Morgan fingerprint density at radius 1 is 1.04 bits per heavy atom. The summed E-state index contributed by atoms with van der Waals surface area (Å²) in [6.45, 7) is -0.234. The van der Waals surface area contributed by atoms with Crippen molar-refractivity contribution in [2.75, 3.05) is 7.11 Å². The van der Waals surface area contributed by atoms with Crippen LogP contribution in [0.5, 0.6) is 0 Å². The van der Waals surface area contributed by atoms with Crippen molar-refractivity contribution in [2.24, 2.45) is 0 Å². The molecule has 0 heterocycles. The highest BCUT2D eigenvalue weighted by Gasteiger charge is 2.23. The van der Waals surface area contributed by atoms with Crippen molar-refractivity contribution in [1.82, 2.24) is 4.72 Å². The number of esters is 1. The maximum absolute atomic E-state index is 13.6. The third-order valence-electron chi connectivity index (χ3n) is 3.13. The van der Waals surface area contributed by atoms with E-state index in [-0.39, 0.29) is 12.1 Å². The van der Waals surface area contributed by atoms with E-state index in [0.29, 0.717) is 17.7 Å². The zero-order valence-corrected chi connectivity index (χ0v) is 13.2. The number of benzene rings is 2. The van der Waals surface area contributed by atoms with Crippen molar-refractivity contribution in [3.05, 3.63) is 65.0 Å².